The fourth-order valence-electron chi connectivity index (χ4n) is 2.40. The zero-order valence-electron chi connectivity index (χ0n) is 15.6. The molecule has 0 aliphatic rings. The van der Waals surface area contributed by atoms with E-state index in [0.717, 1.165) is 18.5 Å². The number of unbranched alkanes of at least 4 members (excludes halogenated alkanes) is 1. The van der Waals surface area contributed by atoms with Crippen LogP contribution in [0, 0.1) is 0 Å². The van der Waals surface area contributed by atoms with E-state index in [-0.39, 0.29) is 5.91 Å². The van der Waals surface area contributed by atoms with Crippen molar-refractivity contribution in [2.24, 2.45) is 0 Å². The first kappa shape index (κ1) is 19.4. The van der Waals surface area contributed by atoms with Gasteiger partial charge >= 0.3 is 0 Å². The first-order valence-corrected chi connectivity index (χ1v) is 8.44. The average Bonchev–Trinajstić information content (AvgIpc) is 2.67. The number of hydrogen-bond donors (Lipinski definition) is 2. The highest BCUT2D eigenvalue weighted by atomic mass is 16.5. The summed E-state index contributed by atoms with van der Waals surface area (Å²) in [7, 11) is 4.69. The predicted octanol–water partition coefficient (Wildman–Crippen LogP) is 3.98. The van der Waals surface area contributed by atoms with Crippen LogP contribution in [0.4, 0.5) is 17.2 Å². The summed E-state index contributed by atoms with van der Waals surface area (Å²) in [4.78, 5) is 16.1. The van der Waals surface area contributed by atoms with Crippen LogP contribution < -0.4 is 24.8 Å². The fourth-order valence-corrected chi connectivity index (χ4v) is 2.40. The number of anilines is 3. The van der Waals surface area contributed by atoms with E-state index >= 15 is 0 Å². The van der Waals surface area contributed by atoms with Crippen LogP contribution in [-0.4, -0.2) is 32.2 Å². The molecule has 0 fully saturated rings. The molecule has 0 bridgehead atoms. The molecule has 7 heteroatoms. The minimum Gasteiger partial charge on any atom is -0.493 e. The van der Waals surface area contributed by atoms with E-state index in [1.165, 1.54) is 0 Å². The van der Waals surface area contributed by atoms with Gasteiger partial charge in [-0.1, -0.05) is 13.3 Å². The van der Waals surface area contributed by atoms with Crippen LogP contribution in [0.1, 0.15) is 26.2 Å². The van der Waals surface area contributed by atoms with Gasteiger partial charge in [-0.05, 0) is 18.6 Å². The van der Waals surface area contributed by atoms with E-state index in [9.17, 15) is 4.79 Å². The van der Waals surface area contributed by atoms with Gasteiger partial charge in [0, 0.05) is 24.2 Å². The molecular formula is C19H25N3O4. The Kier molecular flexibility index (Phi) is 7.08. The maximum absolute atomic E-state index is 11.8. The van der Waals surface area contributed by atoms with Gasteiger partial charge in [0.1, 0.15) is 5.82 Å². The molecule has 0 aliphatic carbocycles. The molecule has 7 nitrogen and oxygen atoms in total. The van der Waals surface area contributed by atoms with Crippen molar-refractivity contribution in [3.63, 3.8) is 0 Å². The number of rotatable bonds is 9. The van der Waals surface area contributed by atoms with Crippen molar-refractivity contribution in [2.75, 3.05) is 32.0 Å². The van der Waals surface area contributed by atoms with Crippen LogP contribution in [0.15, 0.2) is 30.5 Å². The number of carbonyl (C=O) groups excluding carboxylic acids is 1. The molecule has 2 rings (SSSR count). The third kappa shape index (κ3) is 5.02. The van der Waals surface area contributed by atoms with Gasteiger partial charge in [0.15, 0.2) is 11.5 Å². The number of pyridine rings is 1. The minimum absolute atomic E-state index is 0.000939. The first-order valence-electron chi connectivity index (χ1n) is 8.44. The van der Waals surface area contributed by atoms with Gasteiger partial charge in [-0.25, -0.2) is 4.98 Å². The molecule has 1 heterocycles. The SMILES string of the molecule is CCCCC(=O)Nc1ccc(Nc2cc(OC)c(OC)c(OC)c2)nc1. The van der Waals surface area contributed by atoms with Crippen molar-refractivity contribution in [3.8, 4) is 17.2 Å². The Bertz CT molecular complexity index is 707. The van der Waals surface area contributed by atoms with E-state index < -0.39 is 0 Å². The Labute approximate surface area is 153 Å². The third-order valence-corrected chi connectivity index (χ3v) is 3.74. The second-order valence-corrected chi connectivity index (χ2v) is 5.62. The van der Waals surface area contributed by atoms with Crippen LogP contribution in [0.5, 0.6) is 17.2 Å². The molecule has 0 unspecified atom stereocenters. The molecule has 0 saturated heterocycles. The van der Waals surface area contributed by atoms with Gasteiger partial charge in [0.05, 0.1) is 33.2 Å². The van der Waals surface area contributed by atoms with Gasteiger partial charge in [-0.2, -0.15) is 0 Å². The normalized spacial score (nSPS) is 10.2. The Morgan fingerprint density at radius 1 is 1.04 bits per heavy atom. The maximum Gasteiger partial charge on any atom is 0.224 e. The lowest BCUT2D eigenvalue weighted by molar-refractivity contribution is -0.116. The molecule has 1 aromatic carbocycles. The predicted molar refractivity (Wildman–Crippen MR) is 102 cm³/mol. The number of methoxy groups -OCH3 is 3. The highest BCUT2D eigenvalue weighted by molar-refractivity contribution is 5.90. The third-order valence-electron chi connectivity index (χ3n) is 3.74. The summed E-state index contributed by atoms with van der Waals surface area (Å²) in [5.41, 5.74) is 1.41. The molecule has 2 N–H and O–H groups in total. The number of ether oxygens (including phenoxy) is 3. The Hall–Kier alpha value is -2.96. The van der Waals surface area contributed by atoms with Crippen molar-refractivity contribution < 1.29 is 19.0 Å². The Morgan fingerprint density at radius 3 is 2.23 bits per heavy atom. The topological polar surface area (TPSA) is 81.7 Å². The maximum atomic E-state index is 11.8. The summed E-state index contributed by atoms with van der Waals surface area (Å²) in [6, 6.07) is 7.18. The molecule has 0 aliphatic heterocycles. The fraction of sp³-hybridized carbons (Fsp3) is 0.368. The molecule has 0 spiro atoms. The standard InChI is InChI=1S/C19H25N3O4/c1-5-6-7-18(23)22-13-8-9-17(20-12-13)21-14-10-15(24-2)19(26-4)16(11-14)25-3/h8-12H,5-7H2,1-4H3,(H,20,21)(H,22,23). The first-order chi connectivity index (χ1) is 12.6. The summed E-state index contributed by atoms with van der Waals surface area (Å²) in [6.45, 7) is 2.05. The van der Waals surface area contributed by atoms with Crippen LogP contribution >= 0.6 is 0 Å². The molecule has 0 atom stereocenters. The lowest BCUT2D eigenvalue weighted by Gasteiger charge is -2.15. The van der Waals surface area contributed by atoms with Crippen LogP contribution in [0.2, 0.25) is 0 Å². The number of aromatic nitrogens is 1. The zero-order chi connectivity index (χ0) is 18.9. The number of benzene rings is 1. The van der Waals surface area contributed by atoms with E-state index in [4.69, 9.17) is 14.2 Å². The van der Waals surface area contributed by atoms with Crippen LogP contribution in [0.3, 0.4) is 0 Å². The highest BCUT2D eigenvalue weighted by Crippen LogP contribution is 2.40. The van der Waals surface area contributed by atoms with Crippen LogP contribution in [-0.2, 0) is 4.79 Å². The molecule has 1 aromatic heterocycles. The van der Waals surface area contributed by atoms with E-state index in [0.29, 0.717) is 35.2 Å². The Balaban J connectivity index is 2.10. The van der Waals surface area contributed by atoms with Gasteiger partial charge in [-0.3, -0.25) is 4.79 Å². The average molecular weight is 359 g/mol. The highest BCUT2D eigenvalue weighted by Gasteiger charge is 2.13. The van der Waals surface area contributed by atoms with Gasteiger partial charge in [0.2, 0.25) is 11.7 Å². The second kappa shape index (κ2) is 9.50. The molecular weight excluding hydrogens is 334 g/mol. The lowest BCUT2D eigenvalue weighted by Crippen LogP contribution is -2.11. The van der Waals surface area contributed by atoms with Crippen molar-refractivity contribution in [1.82, 2.24) is 4.98 Å². The smallest absolute Gasteiger partial charge is 0.224 e. The molecule has 1 amide bonds. The van der Waals surface area contributed by atoms with Crippen LogP contribution in [0.25, 0.3) is 0 Å². The number of amides is 1. The number of nitrogens with zero attached hydrogens (tertiary/aromatic N) is 1. The van der Waals surface area contributed by atoms with E-state index in [1.54, 1.807) is 51.8 Å². The van der Waals surface area contributed by atoms with Crippen molar-refractivity contribution >= 4 is 23.1 Å². The minimum atomic E-state index is -0.000939. The summed E-state index contributed by atoms with van der Waals surface area (Å²) in [5, 5.41) is 6.01. The summed E-state index contributed by atoms with van der Waals surface area (Å²) in [6.07, 6.45) is 4.00. The van der Waals surface area contributed by atoms with Crippen molar-refractivity contribution in [2.45, 2.75) is 26.2 Å². The number of hydrogen-bond acceptors (Lipinski definition) is 6. The van der Waals surface area contributed by atoms with E-state index in [1.807, 2.05) is 0 Å². The van der Waals surface area contributed by atoms with Crippen molar-refractivity contribution in [1.29, 1.82) is 0 Å². The monoisotopic (exact) mass is 359 g/mol. The van der Waals surface area contributed by atoms with Gasteiger partial charge in [0.25, 0.3) is 0 Å². The number of carbonyl (C=O) groups is 1. The lowest BCUT2D eigenvalue weighted by atomic mass is 10.2. The molecule has 26 heavy (non-hydrogen) atoms. The summed E-state index contributed by atoms with van der Waals surface area (Å²) >= 11 is 0. The quantitative estimate of drug-likeness (QED) is 0.705. The zero-order valence-corrected chi connectivity index (χ0v) is 15.6. The van der Waals surface area contributed by atoms with E-state index in [2.05, 4.69) is 22.5 Å². The van der Waals surface area contributed by atoms with Gasteiger partial charge in [-0.15, -0.1) is 0 Å². The number of nitrogens with one attached hydrogen (secondary N) is 2. The molecule has 140 valence electrons. The second-order valence-electron chi connectivity index (χ2n) is 5.62. The summed E-state index contributed by atoms with van der Waals surface area (Å²) < 4.78 is 16.0. The summed E-state index contributed by atoms with van der Waals surface area (Å²) in [5.74, 6) is 2.26. The van der Waals surface area contributed by atoms with Crippen molar-refractivity contribution in [3.05, 3.63) is 30.5 Å². The largest absolute Gasteiger partial charge is 0.493 e. The van der Waals surface area contributed by atoms with Gasteiger partial charge < -0.3 is 24.8 Å². The Morgan fingerprint density at radius 2 is 1.73 bits per heavy atom. The molecule has 0 saturated carbocycles. The molecule has 2 aromatic rings. The molecule has 0 radical (unpaired) electrons.